The van der Waals surface area contributed by atoms with Crippen molar-refractivity contribution >= 4 is 11.8 Å². The maximum Gasteiger partial charge on any atom is 0.240 e. The Balaban J connectivity index is 1.28. The Bertz CT molecular complexity index is 550. The zero-order chi connectivity index (χ0) is 18.1. The van der Waals surface area contributed by atoms with Gasteiger partial charge < -0.3 is 10.2 Å². The van der Waals surface area contributed by atoms with E-state index in [2.05, 4.69) is 22.2 Å². The number of piperidine rings is 1. The van der Waals surface area contributed by atoms with E-state index in [0.29, 0.717) is 19.1 Å². The lowest BCUT2D eigenvalue weighted by atomic mass is 9.85. The van der Waals surface area contributed by atoms with Gasteiger partial charge in [0.15, 0.2) is 0 Å². The fourth-order valence-corrected chi connectivity index (χ4v) is 5.33. The van der Waals surface area contributed by atoms with Gasteiger partial charge in [0.05, 0.1) is 6.54 Å². The van der Waals surface area contributed by atoms with Gasteiger partial charge >= 0.3 is 0 Å². The summed E-state index contributed by atoms with van der Waals surface area (Å²) in [5.74, 6) is 0.440. The van der Waals surface area contributed by atoms with Crippen LogP contribution in [0.3, 0.4) is 0 Å². The van der Waals surface area contributed by atoms with Crippen LogP contribution in [-0.4, -0.2) is 83.9 Å². The van der Waals surface area contributed by atoms with E-state index < -0.39 is 0 Å². The van der Waals surface area contributed by atoms with Gasteiger partial charge in [-0.25, -0.2) is 0 Å². The molecule has 0 radical (unpaired) electrons. The number of carbonyl (C=O) groups is 2. The Morgan fingerprint density at radius 2 is 1.81 bits per heavy atom. The molecule has 2 atom stereocenters. The van der Waals surface area contributed by atoms with Crippen LogP contribution in [0, 0.1) is 0 Å². The number of rotatable bonds is 5. The van der Waals surface area contributed by atoms with Gasteiger partial charge in [0.1, 0.15) is 5.54 Å². The number of hydrogen-bond donors (Lipinski definition) is 1. The van der Waals surface area contributed by atoms with Gasteiger partial charge in [-0.15, -0.1) is 0 Å². The second kappa shape index (κ2) is 7.47. The number of nitrogens with one attached hydrogen (secondary N) is 1. The molecule has 3 heterocycles. The molecule has 3 aliphatic heterocycles. The predicted molar refractivity (Wildman–Crippen MR) is 101 cm³/mol. The van der Waals surface area contributed by atoms with E-state index in [1.165, 1.54) is 25.7 Å². The number of likely N-dealkylation sites (N-methyl/N-ethyl adjacent to an activating group) is 1. The Morgan fingerprint density at radius 1 is 1.04 bits per heavy atom. The second-order valence-corrected chi connectivity index (χ2v) is 8.88. The van der Waals surface area contributed by atoms with Crippen molar-refractivity contribution in [3.05, 3.63) is 0 Å². The van der Waals surface area contributed by atoms with Crippen LogP contribution < -0.4 is 5.32 Å². The number of fused-ring (bicyclic) bond motifs is 1. The first kappa shape index (κ1) is 18.2. The molecule has 0 bridgehead atoms. The molecular weight excluding hydrogens is 328 g/mol. The lowest BCUT2D eigenvalue weighted by Crippen LogP contribution is -2.59. The van der Waals surface area contributed by atoms with Gasteiger partial charge in [0.25, 0.3) is 0 Å². The maximum atomic E-state index is 13.1. The third-order valence-corrected chi connectivity index (χ3v) is 7.27. The third kappa shape index (κ3) is 3.38. The number of nitrogens with zero attached hydrogens (tertiary/aromatic N) is 3. The Morgan fingerprint density at radius 3 is 2.58 bits per heavy atom. The summed E-state index contributed by atoms with van der Waals surface area (Å²) in [5.41, 5.74) is -0.250. The molecule has 4 aliphatic rings. The summed E-state index contributed by atoms with van der Waals surface area (Å²) < 4.78 is 0. The molecule has 6 nitrogen and oxygen atoms in total. The highest BCUT2D eigenvalue weighted by Crippen LogP contribution is 2.38. The first-order chi connectivity index (χ1) is 12.6. The van der Waals surface area contributed by atoms with Crippen LogP contribution in [0.4, 0.5) is 0 Å². The van der Waals surface area contributed by atoms with Crippen molar-refractivity contribution in [3.8, 4) is 0 Å². The van der Waals surface area contributed by atoms with Crippen LogP contribution in [0.15, 0.2) is 0 Å². The Hall–Kier alpha value is -1.14. The zero-order valence-electron chi connectivity index (χ0n) is 16.2. The van der Waals surface area contributed by atoms with E-state index in [-0.39, 0.29) is 23.4 Å². The van der Waals surface area contributed by atoms with Gasteiger partial charge in [0.2, 0.25) is 11.8 Å². The molecule has 0 aromatic carbocycles. The number of amides is 2. The van der Waals surface area contributed by atoms with E-state index in [4.69, 9.17) is 0 Å². The minimum atomic E-state index is -0.250. The number of likely N-dealkylation sites (tertiary alicyclic amines) is 1. The van der Waals surface area contributed by atoms with Crippen molar-refractivity contribution in [1.29, 1.82) is 0 Å². The summed E-state index contributed by atoms with van der Waals surface area (Å²) in [7, 11) is 2.06. The summed E-state index contributed by atoms with van der Waals surface area (Å²) in [6.07, 6.45) is 10.1. The molecule has 146 valence electrons. The summed E-state index contributed by atoms with van der Waals surface area (Å²) in [6.45, 7) is 4.10. The Labute approximate surface area is 157 Å². The van der Waals surface area contributed by atoms with E-state index in [0.717, 1.165) is 51.7 Å². The lowest BCUT2D eigenvalue weighted by Gasteiger charge is -2.41. The van der Waals surface area contributed by atoms with Gasteiger partial charge in [-0.1, -0.05) is 6.42 Å². The van der Waals surface area contributed by atoms with Gasteiger partial charge in [-0.3, -0.25) is 19.4 Å². The molecular formula is C20H34N4O2. The fraction of sp³-hybridized carbons (Fsp3) is 0.900. The standard InChI is InChI=1S/C20H34N4O2/c1-22(17-6-4-7-17)15-18(25)23-13-8-16(14-23)21-19(26)20-9-2-3-11-24(20)12-5-10-20/h16-17H,2-15H2,1H3,(H,21,26)/t16-,20?/m1/s1. The molecule has 26 heavy (non-hydrogen) atoms. The number of hydrogen-bond acceptors (Lipinski definition) is 4. The van der Waals surface area contributed by atoms with Crippen molar-refractivity contribution in [1.82, 2.24) is 20.0 Å². The molecule has 0 spiro atoms. The van der Waals surface area contributed by atoms with Crippen molar-refractivity contribution in [2.24, 2.45) is 0 Å². The van der Waals surface area contributed by atoms with E-state index >= 15 is 0 Å². The quantitative estimate of drug-likeness (QED) is 0.799. The van der Waals surface area contributed by atoms with Crippen LogP contribution in [0.1, 0.15) is 57.8 Å². The minimum absolute atomic E-state index is 0.124. The molecule has 0 aromatic heterocycles. The summed E-state index contributed by atoms with van der Waals surface area (Å²) >= 11 is 0. The normalized spacial score (nSPS) is 32.5. The van der Waals surface area contributed by atoms with Crippen LogP contribution in [-0.2, 0) is 9.59 Å². The van der Waals surface area contributed by atoms with E-state index in [1.54, 1.807) is 0 Å². The minimum Gasteiger partial charge on any atom is -0.350 e. The largest absolute Gasteiger partial charge is 0.350 e. The molecule has 4 fully saturated rings. The van der Waals surface area contributed by atoms with E-state index in [1.807, 2.05) is 4.90 Å². The monoisotopic (exact) mass is 362 g/mol. The van der Waals surface area contributed by atoms with Crippen molar-refractivity contribution < 1.29 is 9.59 Å². The van der Waals surface area contributed by atoms with Crippen LogP contribution in [0.2, 0.25) is 0 Å². The highest BCUT2D eigenvalue weighted by Gasteiger charge is 2.48. The molecule has 0 aromatic rings. The molecule has 1 unspecified atom stereocenters. The van der Waals surface area contributed by atoms with Crippen molar-refractivity contribution in [2.45, 2.75) is 75.4 Å². The second-order valence-electron chi connectivity index (χ2n) is 8.88. The Kier molecular flexibility index (Phi) is 5.24. The molecule has 1 aliphatic carbocycles. The highest BCUT2D eigenvalue weighted by molar-refractivity contribution is 5.87. The van der Waals surface area contributed by atoms with Crippen molar-refractivity contribution in [2.75, 3.05) is 39.8 Å². The fourth-order valence-electron chi connectivity index (χ4n) is 5.33. The first-order valence-electron chi connectivity index (χ1n) is 10.6. The molecule has 3 saturated heterocycles. The SMILES string of the molecule is CN(CC(=O)N1CC[C@@H](NC(=O)C23CCCCN2CCC3)C1)C1CCC1. The van der Waals surface area contributed by atoms with Gasteiger partial charge in [-0.05, 0) is 71.5 Å². The topological polar surface area (TPSA) is 55.9 Å². The summed E-state index contributed by atoms with van der Waals surface area (Å²) in [4.78, 5) is 32.2. The molecule has 1 saturated carbocycles. The smallest absolute Gasteiger partial charge is 0.240 e. The van der Waals surface area contributed by atoms with Crippen LogP contribution >= 0.6 is 0 Å². The number of carbonyl (C=O) groups excluding carboxylic acids is 2. The molecule has 1 N–H and O–H groups in total. The van der Waals surface area contributed by atoms with E-state index in [9.17, 15) is 9.59 Å². The maximum absolute atomic E-state index is 13.1. The third-order valence-electron chi connectivity index (χ3n) is 7.27. The summed E-state index contributed by atoms with van der Waals surface area (Å²) in [5, 5.41) is 3.31. The lowest BCUT2D eigenvalue weighted by molar-refractivity contribution is -0.135. The van der Waals surface area contributed by atoms with Gasteiger partial charge in [0, 0.05) is 25.2 Å². The van der Waals surface area contributed by atoms with Crippen LogP contribution in [0.25, 0.3) is 0 Å². The average molecular weight is 363 g/mol. The van der Waals surface area contributed by atoms with Crippen LogP contribution in [0.5, 0.6) is 0 Å². The predicted octanol–water partition coefficient (Wildman–Crippen LogP) is 1.21. The zero-order valence-corrected chi connectivity index (χ0v) is 16.2. The molecule has 6 heteroatoms. The average Bonchev–Trinajstić information content (AvgIpc) is 3.20. The first-order valence-corrected chi connectivity index (χ1v) is 10.6. The molecule has 2 amide bonds. The molecule has 4 rings (SSSR count). The summed E-state index contributed by atoms with van der Waals surface area (Å²) in [6, 6.07) is 0.718. The highest BCUT2D eigenvalue weighted by atomic mass is 16.2. The van der Waals surface area contributed by atoms with Gasteiger partial charge in [-0.2, -0.15) is 0 Å². The van der Waals surface area contributed by atoms with Crippen molar-refractivity contribution in [3.63, 3.8) is 0 Å².